The first kappa shape index (κ1) is 17.7. The Morgan fingerprint density at radius 3 is 2.80 bits per heavy atom. The summed E-state index contributed by atoms with van der Waals surface area (Å²) in [5, 5.41) is 3.26. The fourth-order valence-electron chi connectivity index (χ4n) is 3.22. The van der Waals surface area contributed by atoms with Crippen molar-refractivity contribution in [1.82, 2.24) is 14.9 Å². The van der Waals surface area contributed by atoms with Crippen LogP contribution in [-0.2, 0) is 11.2 Å². The highest BCUT2D eigenvalue weighted by Gasteiger charge is 2.22. The molecule has 0 atom stereocenters. The van der Waals surface area contributed by atoms with Gasteiger partial charge in [0.2, 0.25) is 5.91 Å². The molecule has 1 amide bonds. The summed E-state index contributed by atoms with van der Waals surface area (Å²) >= 11 is 5.63. The van der Waals surface area contributed by atoms with E-state index >= 15 is 0 Å². The summed E-state index contributed by atoms with van der Waals surface area (Å²) in [7, 11) is 0. The number of pyridine rings is 2. The summed E-state index contributed by atoms with van der Waals surface area (Å²) in [6.07, 6.45) is 4.88. The summed E-state index contributed by atoms with van der Waals surface area (Å²) in [6.45, 7) is 3.58. The molecule has 3 heterocycles. The maximum absolute atomic E-state index is 11.6. The Bertz CT molecular complexity index is 729. The van der Waals surface area contributed by atoms with E-state index in [4.69, 9.17) is 11.6 Å². The van der Waals surface area contributed by atoms with E-state index in [1.165, 1.54) is 5.56 Å². The Morgan fingerprint density at radius 1 is 1.28 bits per heavy atom. The van der Waals surface area contributed by atoms with Crippen LogP contribution in [0.25, 0.3) is 0 Å². The molecule has 3 rings (SSSR count). The quantitative estimate of drug-likeness (QED) is 0.830. The van der Waals surface area contributed by atoms with Gasteiger partial charge in [-0.25, -0.2) is 9.97 Å². The van der Waals surface area contributed by atoms with Crippen molar-refractivity contribution in [2.24, 2.45) is 5.92 Å². The van der Waals surface area contributed by atoms with Gasteiger partial charge in [-0.1, -0.05) is 6.07 Å². The highest BCUT2D eigenvalue weighted by Crippen LogP contribution is 2.23. The molecule has 1 saturated heterocycles. The van der Waals surface area contributed by atoms with Crippen LogP contribution in [-0.4, -0.2) is 39.7 Å². The van der Waals surface area contributed by atoms with E-state index in [1.54, 1.807) is 0 Å². The van der Waals surface area contributed by atoms with Crippen molar-refractivity contribution < 1.29 is 4.79 Å². The number of aromatic nitrogens is 2. The molecule has 0 aromatic carbocycles. The van der Waals surface area contributed by atoms with Crippen LogP contribution in [0, 0.1) is 12.8 Å². The Labute approximate surface area is 153 Å². The van der Waals surface area contributed by atoms with E-state index in [9.17, 15) is 4.79 Å². The molecular weight excluding hydrogens is 336 g/mol. The Balaban J connectivity index is 1.58. The number of carbonyl (C=O) groups excluding carboxylic acids is 1. The fraction of sp³-hybridized carbons (Fsp3) is 0.421. The molecule has 0 unspecified atom stereocenters. The Kier molecular flexibility index (Phi) is 5.87. The van der Waals surface area contributed by atoms with Crippen LogP contribution in [0.5, 0.6) is 0 Å². The summed E-state index contributed by atoms with van der Waals surface area (Å²) in [4.78, 5) is 22.3. The van der Waals surface area contributed by atoms with Crippen LogP contribution in [0.3, 0.4) is 0 Å². The van der Waals surface area contributed by atoms with Gasteiger partial charge < -0.3 is 10.2 Å². The number of rotatable bonds is 5. The zero-order valence-corrected chi connectivity index (χ0v) is 15.2. The van der Waals surface area contributed by atoms with Gasteiger partial charge in [0.05, 0.1) is 0 Å². The highest BCUT2D eigenvalue weighted by atomic mass is 35.5. The van der Waals surface area contributed by atoms with E-state index < -0.39 is 0 Å². The fourth-order valence-corrected chi connectivity index (χ4v) is 3.39. The standard InChI is InChI=1S/C19H23ClN4O/c1-14-3-2-4-17(22-14)23-18-12-16(5-8-21-18)11-15-6-9-24(10-7-15)19(25)13-20/h2-5,8,12,15H,6-7,9-11,13H2,1H3,(H,21,22,23). The molecule has 1 aliphatic rings. The van der Waals surface area contributed by atoms with E-state index in [0.717, 1.165) is 49.7 Å². The molecule has 0 bridgehead atoms. The monoisotopic (exact) mass is 358 g/mol. The average Bonchev–Trinajstić information content (AvgIpc) is 2.62. The zero-order chi connectivity index (χ0) is 17.6. The first-order chi connectivity index (χ1) is 12.1. The number of aryl methyl sites for hydroxylation is 1. The van der Waals surface area contributed by atoms with Gasteiger partial charge in [-0.2, -0.15) is 0 Å². The van der Waals surface area contributed by atoms with Crippen LogP contribution in [0.1, 0.15) is 24.1 Å². The van der Waals surface area contributed by atoms with Crippen molar-refractivity contribution in [2.75, 3.05) is 24.3 Å². The number of carbonyl (C=O) groups is 1. The largest absolute Gasteiger partial charge is 0.342 e. The number of hydrogen-bond donors (Lipinski definition) is 1. The van der Waals surface area contributed by atoms with Gasteiger partial charge in [-0.05, 0) is 61.9 Å². The molecule has 0 radical (unpaired) electrons. The van der Waals surface area contributed by atoms with Crippen molar-refractivity contribution in [3.8, 4) is 0 Å². The van der Waals surface area contributed by atoms with E-state index in [2.05, 4.69) is 27.4 Å². The number of halogens is 1. The maximum atomic E-state index is 11.6. The van der Waals surface area contributed by atoms with Gasteiger partial charge in [-0.15, -0.1) is 11.6 Å². The third-order valence-electron chi connectivity index (χ3n) is 4.57. The summed E-state index contributed by atoms with van der Waals surface area (Å²) in [5.74, 6) is 2.33. The van der Waals surface area contributed by atoms with Gasteiger partial charge in [0.1, 0.15) is 17.5 Å². The number of amides is 1. The van der Waals surface area contributed by atoms with Gasteiger partial charge in [0.15, 0.2) is 0 Å². The number of likely N-dealkylation sites (tertiary alicyclic amines) is 1. The van der Waals surface area contributed by atoms with Crippen molar-refractivity contribution >= 4 is 29.1 Å². The molecule has 2 aromatic heterocycles. The minimum atomic E-state index is 0.0427. The first-order valence-electron chi connectivity index (χ1n) is 8.63. The summed E-state index contributed by atoms with van der Waals surface area (Å²) in [6, 6.07) is 10.0. The molecule has 6 heteroatoms. The van der Waals surface area contributed by atoms with E-state index in [-0.39, 0.29) is 11.8 Å². The molecule has 0 spiro atoms. The van der Waals surface area contributed by atoms with Crippen LogP contribution >= 0.6 is 11.6 Å². The predicted octanol–water partition coefficient (Wildman–Crippen LogP) is 3.55. The zero-order valence-electron chi connectivity index (χ0n) is 14.4. The Hall–Kier alpha value is -2.14. The molecule has 1 fully saturated rings. The highest BCUT2D eigenvalue weighted by molar-refractivity contribution is 6.27. The number of anilines is 2. The second-order valence-electron chi connectivity index (χ2n) is 6.50. The molecule has 1 N–H and O–H groups in total. The van der Waals surface area contributed by atoms with Crippen molar-refractivity contribution in [3.63, 3.8) is 0 Å². The maximum Gasteiger partial charge on any atom is 0.237 e. The summed E-state index contributed by atoms with van der Waals surface area (Å²) < 4.78 is 0. The number of alkyl halides is 1. The Morgan fingerprint density at radius 2 is 2.08 bits per heavy atom. The SMILES string of the molecule is Cc1cccc(Nc2cc(CC3CCN(C(=O)CCl)CC3)ccn2)n1. The van der Waals surface area contributed by atoms with Crippen molar-refractivity contribution in [1.29, 1.82) is 0 Å². The predicted molar refractivity (Wildman–Crippen MR) is 100 cm³/mol. The van der Waals surface area contributed by atoms with Crippen molar-refractivity contribution in [2.45, 2.75) is 26.2 Å². The van der Waals surface area contributed by atoms with E-state index in [1.807, 2.05) is 36.2 Å². The topological polar surface area (TPSA) is 58.1 Å². The first-order valence-corrected chi connectivity index (χ1v) is 9.17. The minimum absolute atomic E-state index is 0.0427. The van der Waals surface area contributed by atoms with Gasteiger partial charge in [0.25, 0.3) is 0 Å². The van der Waals surface area contributed by atoms with Crippen LogP contribution in [0.4, 0.5) is 11.6 Å². The molecule has 0 saturated carbocycles. The molecule has 1 aliphatic heterocycles. The van der Waals surface area contributed by atoms with Crippen LogP contribution in [0.15, 0.2) is 36.5 Å². The lowest BCUT2D eigenvalue weighted by molar-refractivity contribution is -0.129. The minimum Gasteiger partial charge on any atom is -0.342 e. The average molecular weight is 359 g/mol. The van der Waals surface area contributed by atoms with Gasteiger partial charge >= 0.3 is 0 Å². The second-order valence-corrected chi connectivity index (χ2v) is 6.77. The van der Waals surface area contributed by atoms with Crippen molar-refractivity contribution in [3.05, 3.63) is 47.8 Å². The van der Waals surface area contributed by atoms with Crippen LogP contribution in [0.2, 0.25) is 0 Å². The number of nitrogens with zero attached hydrogens (tertiary/aromatic N) is 3. The third-order valence-corrected chi connectivity index (χ3v) is 4.80. The molecule has 25 heavy (non-hydrogen) atoms. The molecule has 5 nitrogen and oxygen atoms in total. The normalized spacial score (nSPS) is 15.2. The lowest BCUT2D eigenvalue weighted by Gasteiger charge is -2.31. The van der Waals surface area contributed by atoms with Crippen LogP contribution < -0.4 is 5.32 Å². The number of hydrogen-bond acceptors (Lipinski definition) is 4. The lowest BCUT2D eigenvalue weighted by atomic mass is 9.90. The molecular formula is C19H23ClN4O. The van der Waals surface area contributed by atoms with E-state index in [0.29, 0.717) is 5.92 Å². The number of nitrogens with one attached hydrogen (secondary N) is 1. The molecule has 0 aliphatic carbocycles. The summed E-state index contributed by atoms with van der Waals surface area (Å²) in [5.41, 5.74) is 2.23. The second kappa shape index (κ2) is 8.30. The smallest absolute Gasteiger partial charge is 0.237 e. The van der Waals surface area contributed by atoms with Gasteiger partial charge in [0, 0.05) is 25.0 Å². The third kappa shape index (κ3) is 4.92. The van der Waals surface area contributed by atoms with Gasteiger partial charge in [-0.3, -0.25) is 4.79 Å². The number of piperidine rings is 1. The lowest BCUT2D eigenvalue weighted by Crippen LogP contribution is -2.39. The molecule has 2 aromatic rings. The molecule has 132 valence electrons.